The van der Waals surface area contributed by atoms with E-state index in [1.54, 1.807) is 0 Å². The van der Waals surface area contributed by atoms with Crippen LogP contribution in [0.1, 0.15) is 11.4 Å². The Morgan fingerprint density at radius 2 is 2.04 bits per heavy atom. The molecule has 136 valence electrons. The van der Waals surface area contributed by atoms with Gasteiger partial charge in [-0.2, -0.15) is 13.2 Å². The minimum Gasteiger partial charge on any atom is -0.497 e. The summed E-state index contributed by atoms with van der Waals surface area (Å²) < 4.78 is 50.8. The Hall–Kier alpha value is -3.37. The number of halogens is 3. The first-order valence-electron chi connectivity index (χ1n) is 7.16. The van der Waals surface area contributed by atoms with Crippen LogP contribution in [0.5, 0.6) is 5.75 Å². The Morgan fingerprint density at radius 1 is 1.27 bits per heavy atom. The van der Waals surface area contributed by atoms with Crippen LogP contribution in [0.25, 0.3) is 23.7 Å². The molecule has 0 bridgehead atoms. The van der Waals surface area contributed by atoms with Crippen LogP contribution in [0.2, 0.25) is 0 Å². The van der Waals surface area contributed by atoms with Crippen LogP contribution < -0.4 is 10.5 Å². The second-order valence-electron chi connectivity index (χ2n) is 5.18. The summed E-state index contributed by atoms with van der Waals surface area (Å²) in [6.45, 7) is 0. The van der Waals surface area contributed by atoms with Gasteiger partial charge in [-0.15, -0.1) is 5.10 Å². The van der Waals surface area contributed by atoms with Crippen molar-refractivity contribution in [2.45, 2.75) is 6.18 Å². The summed E-state index contributed by atoms with van der Waals surface area (Å²) in [6.07, 6.45) is -0.352. The van der Waals surface area contributed by atoms with Crippen LogP contribution in [-0.4, -0.2) is 31.6 Å². The summed E-state index contributed by atoms with van der Waals surface area (Å²) in [6, 6.07) is 3.23. The molecule has 3 aromatic rings. The lowest BCUT2D eigenvalue weighted by Crippen LogP contribution is -2.10. The zero-order valence-electron chi connectivity index (χ0n) is 13.6. The summed E-state index contributed by atoms with van der Waals surface area (Å²) >= 11 is 0. The lowest BCUT2D eigenvalue weighted by molar-refractivity contribution is -0.137. The minimum atomic E-state index is -4.52. The normalized spacial score (nSPS) is 12.0. The number of alkyl halides is 3. The molecule has 0 amide bonds. The van der Waals surface area contributed by atoms with Gasteiger partial charge >= 0.3 is 11.9 Å². The third-order valence-corrected chi connectivity index (χ3v) is 3.45. The second kappa shape index (κ2) is 6.50. The van der Waals surface area contributed by atoms with Gasteiger partial charge in [-0.25, -0.2) is 14.5 Å². The maximum Gasteiger partial charge on any atom is 0.441 e. The van der Waals surface area contributed by atoms with Crippen LogP contribution in [0.15, 0.2) is 33.8 Å². The van der Waals surface area contributed by atoms with Crippen molar-refractivity contribution < 1.29 is 22.4 Å². The van der Waals surface area contributed by atoms with Crippen molar-refractivity contribution in [3.63, 3.8) is 0 Å². The van der Waals surface area contributed by atoms with E-state index in [-0.39, 0.29) is 23.0 Å². The lowest BCUT2D eigenvalue weighted by Gasteiger charge is -2.10. The van der Waals surface area contributed by atoms with Crippen molar-refractivity contribution in [1.82, 2.24) is 24.5 Å². The van der Waals surface area contributed by atoms with E-state index in [0.29, 0.717) is 0 Å². The molecular formula is C15H12F3N5O3. The quantitative estimate of drug-likeness (QED) is 0.703. The predicted molar refractivity (Wildman–Crippen MR) is 84.0 cm³/mol. The lowest BCUT2D eigenvalue weighted by atomic mass is 10.1. The van der Waals surface area contributed by atoms with Gasteiger partial charge in [0.15, 0.2) is 11.6 Å². The molecule has 1 aromatic carbocycles. The molecule has 26 heavy (non-hydrogen) atoms. The zero-order chi connectivity index (χ0) is 18.9. The summed E-state index contributed by atoms with van der Waals surface area (Å²) in [4.78, 5) is 15.2. The third kappa shape index (κ3) is 3.50. The van der Waals surface area contributed by atoms with E-state index in [9.17, 15) is 18.0 Å². The van der Waals surface area contributed by atoms with Crippen LogP contribution in [0.3, 0.4) is 0 Å². The van der Waals surface area contributed by atoms with Gasteiger partial charge in [-0.3, -0.25) is 9.09 Å². The molecular weight excluding hydrogens is 355 g/mol. The van der Waals surface area contributed by atoms with Gasteiger partial charge in [0.05, 0.1) is 12.7 Å². The number of rotatable bonds is 4. The van der Waals surface area contributed by atoms with E-state index >= 15 is 0 Å². The minimum absolute atomic E-state index is 0.0410. The molecule has 0 saturated heterocycles. The van der Waals surface area contributed by atoms with E-state index < -0.39 is 17.5 Å². The molecule has 0 radical (unpaired) electrons. The van der Waals surface area contributed by atoms with Gasteiger partial charge in [0, 0.05) is 24.9 Å². The fraction of sp³-hybridized carbons (Fsp3) is 0.200. The van der Waals surface area contributed by atoms with Gasteiger partial charge in [0.1, 0.15) is 12.1 Å². The van der Waals surface area contributed by atoms with Crippen LogP contribution in [-0.2, 0) is 13.2 Å². The summed E-state index contributed by atoms with van der Waals surface area (Å²) in [7, 11) is 2.75. The Bertz CT molecular complexity index is 1020. The van der Waals surface area contributed by atoms with Crippen LogP contribution in [0.4, 0.5) is 13.2 Å². The Balaban J connectivity index is 1.92. The molecule has 0 fully saturated rings. The molecule has 0 spiro atoms. The standard InChI is InChI=1S/C15H12F3N5O3/c1-22-12(21-26-14(22)24)3-4-23-8-19-13(20-23)9-5-10(15(16,17)18)7-11(6-9)25-2/h3-8H,1-2H3/b4-3-. The van der Waals surface area contributed by atoms with Crippen molar-refractivity contribution in [3.8, 4) is 17.1 Å². The first-order valence-corrected chi connectivity index (χ1v) is 7.16. The van der Waals surface area contributed by atoms with Crippen molar-refractivity contribution in [2.75, 3.05) is 7.11 Å². The number of nitrogens with zero attached hydrogens (tertiary/aromatic N) is 5. The first-order chi connectivity index (χ1) is 12.3. The Labute approximate surface area is 144 Å². The van der Waals surface area contributed by atoms with E-state index in [1.807, 2.05) is 0 Å². The molecule has 8 nitrogen and oxygen atoms in total. The average molecular weight is 367 g/mol. The largest absolute Gasteiger partial charge is 0.497 e. The molecule has 2 heterocycles. The van der Waals surface area contributed by atoms with Gasteiger partial charge < -0.3 is 4.74 Å². The first kappa shape index (κ1) is 17.5. The average Bonchev–Trinajstić information content (AvgIpc) is 3.20. The van der Waals surface area contributed by atoms with Crippen molar-refractivity contribution in [2.24, 2.45) is 7.05 Å². The van der Waals surface area contributed by atoms with Crippen molar-refractivity contribution >= 4 is 12.3 Å². The van der Waals surface area contributed by atoms with E-state index in [0.717, 1.165) is 12.1 Å². The fourth-order valence-corrected chi connectivity index (χ4v) is 2.08. The summed E-state index contributed by atoms with van der Waals surface area (Å²) in [5.41, 5.74) is -0.714. The van der Waals surface area contributed by atoms with Gasteiger partial charge in [0.25, 0.3) is 0 Å². The molecule has 11 heteroatoms. The molecule has 0 unspecified atom stereocenters. The van der Waals surface area contributed by atoms with E-state index in [2.05, 4.69) is 19.8 Å². The number of methoxy groups -OCH3 is 1. The SMILES string of the molecule is COc1cc(-c2ncn(/C=C\c3noc(=O)n3C)n2)cc(C(F)(F)F)c1. The van der Waals surface area contributed by atoms with Crippen LogP contribution in [0, 0.1) is 0 Å². The van der Waals surface area contributed by atoms with Gasteiger partial charge in [-0.1, -0.05) is 5.16 Å². The molecule has 0 N–H and O–H groups in total. The molecule has 0 atom stereocenters. The molecule has 3 rings (SSSR count). The number of hydrogen-bond donors (Lipinski definition) is 0. The predicted octanol–water partition coefficient (Wildman–Crippen LogP) is 2.29. The zero-order valence-corrected chi connectivity index (χ0v) is 13.6. The monoisotopic (exact) mass is 367 g/mol. The highest BCUT2D eigenvalue weighted by Gasteiger charge is 2.31. The van der Waals surface area contributed by atoms with E-state index in [1.165, 1.54) is 48.1 Å². The van der Waals surface area contributed by atoms with Crippen LogP contribution >= 0.6 is 0 Å². The Morgan fingerprint density at radius 3 is 2.65 bits per heavy atom. The molecule has 0 aliphatic rings. The fourth-order valence-electron chi connectivity index (χ4n) is 2.08. The second-order valence-corrected chi connectivity index (χ2v) is 5.18. The topological polar surface area (TPSA) is 88.0 Å². The van der Waals surface area contributed by atoms with Crippen molar-refractivity contribution in [3.05, 3.63) is 46.5 Å². The highest BCUT2D eigenvalue weighted by molar-refractivity contribution is 5.60. The van der Waals surface area contributed by atoms with Gasteiger partial charge in [0.2, 0.25) is 0 Å². The van der Waals surface area contributed by atoms with Crippen molar-refractivity contribution in [1.29, 1.82) is 0 Å². The van der Waals surface area contributed by atoms with E-state index in [4.69, 9.17) is 4.74 Å². The number of hydrogen-bond acceptors (Lipinski definition) is 6. The molecule has 0 aliphatic heterocycles. The number of aromatic nitrogens is 5. The number of benzene rings is 1. The molecule has 0 saturated carbocycles. The summed E-state index contributed by atoms with van der Waals surface area (Å²) in [5, 5.41) is 7.62. The smallest absolute Gasteiger partial charge is 0.441 e. The summed E-state index contributed by atoms with van der Waals surface area (Å²) in [5.74, 6) is -0.264. The molecule has 0 aliphatic carbocycles. The maximum atomic E-state index is 13.0. The Kier molecular flexibility index (Phi) is 4.36. The maximum absolute atomic E-state index is 13.0. The third-order valence-electron chi connectivity index (χ3n) is 3.45. The molecule has 2 aromatic heterocycles. The highest BCUT2D eigenvalue weighted by Crippen LogP contribution is 2.34. The van der Waals surface area contributed by atoms with Gasteiger partial charge in [-0.05, 0) is 18.2 Å². The number of ether oxygens (including phenoxy) is 1. The highest BCUT2D eigenvalue weighted by atomic mass is 19.4.